The van der Waals surface area contributed by atoms with Crippen LogP contribution >= 0.6 is 0 Å². The van der Waals surface area contributed by atoms with Crippen molar-refractivity contribution in [3.63, 3.8) is 0 Å². The molecule has 1 atom stereocenters. The first-order valence-electron chi connectivity index (χ1n) is 4.66. The topological polar surface area (TPSA) is 78.9 Å². The Bertz CT molecular complexity index is 316. The number of ether oxygens (including phenoxy) is 3. The van der Waals surface area contributed by atoms with Gasteiger partial charge >= 0.3 is 17.9 Å². The minimum absolute atomic E-state index is 0.0635. The van der Waals surface area contributed by atoms with Gasteiger partial charge in [-0.25, -0.2) is 4.79 Å². The predicted molar refractivity (Wildman–Crippen MR) is 51.0 cm³/mol. The molecule has 1 unspecified atom stereocenters. The maximum Gasteiger partial charge on any atom is 0.333 e. The fourth-order valence-electron chi connectivity index (χ4n) is 1.17. The molecule has 1 aliphatic heterocycles. The van der Waals surface area contributed by atoms with E-state index in [9.17, 15) is 14.4 Å². The largest absolute Gasteiger partial charge is 0.458 e. The lowest BCUT2D eigenvalue weighted by atomic mass is 10.1. The van der Waals surface area contributed by atoms with Crippen molar-refractivity contribution in [2.24, 2.45) is 0 Å². The highest BCUT2D eigenvalue weighted by molar-refractivity contribution is 5.90. The lowest BCUT2D eigenvalue weighted by Crippen LogP contribution is -2.17. The SMILES string of the molecule is C=C1CC(CC(=O)OCOC(C)=O)OC1=O. The maximum absolute atomic E-state index is 11.2. The number of hydrogen-bond acceptors (Lipinski definition) is 6. The van der Waals surface area contributed by atoms with Gasteiger partial charge in [-0.3, -0.25) is 9.59 Å². The van der Waals surface area contributed by atoms with Crippen LogP contribution in [0.25, 0.3) is 0 Å². The Kier molecular flexibility index (Phi) is 4.04. The third-order valence-electron chi connectivity index (χ3n) is 1.91. The molecule has 0 radical (unpaired) electrons. The molecule has 0 saturated carbocycles. The van der Waals surface area contributed by atoms with Gasteiger partial charge in [0.1, 0.15) is 6.10 Å². The molecule has 6 heteroatoms. The molecule has 1 aliphatic rings. The summed E-state index contributed by atoms with van der Waals surface area (Å²) < 4.78 is 13.8. The summed E-state index contributed by atoms with van der Waals surface area (Å²) in [5.41, 5.74) is 0.345. The molecule has 88 valence electrons. The summed E-state index contributed by atoms with van der Waals surface area (Å²) >= 11 is 0. The standard InChI is InChI=1S/C10H12O6/c1-6-3-8(16-10(6)13)4-9(12)15-5-14-7(2)11/h8H,1,3-5H2,2H3. The Morgan fingerprint density at radius 2 is 2.19 bits per heavy atom. The van der Waals surface area contributed by atoms with Crippen molar-refractivity contribution in [1.82, 2.24) is 0 Å². The van der Waals surface area contributed by atoms with Crippen molar-refractivity contribution in [2.45, 2.75) is 25.9 Å². The van der Waals surface area contributed by atoms with Crippen LogP contribution < -0.4 is 0 Å². The van der Waals surface area contributed by atoms with Gasteiger partial charge < -0.3 is 14.2 Å². The molecular weight excluding hydrogens is 216 g/mol. The summed E-state index contributed by atoms with van der Waals surface area (Å²) in [7, 11) is 0. The average Bonchev–Trinajstić information content (AvgIpc) is 2.44. The Morgan fingerprint density at radius 3 is 2.69 bits per heavy atom. The van der Waals surface area contributed by atoms with E-state index >= 15 is 0 Å². The van der Waals surface area contributed by atoms with Crippen molar-refractivity contribution in [2.75, 3.05) is 6.79 Å². The van der Waals surface area contributed by atoms with Crippen molar-refractivity contribution in [1.29, 1.82) is 0 Å². The third-order valence-corrected chi connectivity index (χ3v) is 1.91. The van der Waals surface area contributed by atoms with Gasteiger partial charge in [0.05, 0.1) is 6.42 Å². The quantitative estimate of drug-likeness (QED) is 0.391. The fraction of sp³-hybridized carbons (Fsp3) is 0.500. The van der Waals surface area contributed by atoms with Gasteiger partial charge in [0.25, 0.3) is 0 Å². The number of rotatable bonds is 4. The molecule has 0 aromatic heterocycles. The zero-order valence-electron chi connectivity index (χ0n) is 8.86. The lowest BCUT2D eigenvalue weighted by molar-refractivity contribution is -0.167. The van der Waals surface area contributed by atoms with Crippen LogP contribution in [0.5, 0.6) is 0 Å². The van der Waals surface area contributed by atoms with E-state index in [0.29, 0.717) is 12.0 Å². The van der Waals surface area contributed by atoms with Gasteiger partial charge in [-0.1, -0.05) is 6.58 Å². The molecule has 0 amide bonds. The molecule has 0 aliphatic carbocycles. The molecule has 0 bridgehead atoms. The van der Waals surface area contributed by atoms with E-state index in [4.69, 9.17) is 4.74 Å². The summed E-state index contributed by atoms with van der Waals surface area (Å²) in [6.07, 6.45) is -0.266. The number of hydrogen-bond donors (Lipinski definition) is 0. The highest BCUT2D eigenvalue weighted by Crippen LogP contribution is 2.21. The smallest absolute Gasteiger partial charge is 0.333 e. The van der Waals surface area contributed by atoms with Crippen molar-refractivity contribution < 1.29 is 28.6 Å². The Morgan fingerprint density at radius 1 is 1.50 bits per heavy atom. The van der Waals surface area contributed by atoms with Crippen LogP contribution in [0, 0.1) is 0 Å². The van der Waals surface area contributed by atoms with Gasteiger partial charge in [0, 0.05) is 18.9 Å². The number of carbonyl (C=O) groups excluding carboxylic acids is 3. The maximum atomic E-state index is 11.2. The minimum atomic E-state index is -0.589. The normalized spacial score (nSPS) is 19.2. The van der Waals surface area contributed by atoms with Crippen LogP contribution in [0.1, 0.15) is 19.8 Å². The second-order valence-electron chi connectivity index (χ2n) is 3.31. The molecule has 1 fully saturated rings. The molecule has 0 spiro atoms. The number of esters is 3. The summed E-state index contributed by atoms with van der Waals surface area (Å²) in [5, 5.41) is 0. The predicted octanol–water partition coefficient (Wildman–Crippen LogP) is 0.312. The zero-order chi connectivity index (χ0) is 12.1. The molecule has 0 N–H and O–H groups in total. The van der Waals surface area contributed by atoms with E-state index in [2.05, 4.69) is 16.1 Å². The fourth-order valence-corrected chi connectivity index (χ4v) is 1.17. The van der Waals surface area contributed by atoms with Crippen molar-refractivity contribution in [3.05, 3.63) is 12.2 Å². The molecule has 6 nitrogen and oxygen atoms in total. The molecule has 0 aromatic rings. The summed E-state index contributed by atoms with van der Waals surface area (Å²) in [4.78, 5) is 32.4. The van der Waals surface area contributed by atoms with Gasteiger partial charge in [0.15, 0.2) is 0 Å². The molecule has 16 heavy (non-hydrogen) atoms. The van der Waals surface area contributed by atoms with E-state index in [0.717, 1.165) is 0 Å². The highest BCUT2D eigenvalue weighted by atomic mass is 16.7. The van der Waals surface area contributed by atoms with Crippen LogP contribution in [-0.4, -0.2) is 30.8 Å². The summed E-state index contributed by atoms with van der Waals surface area (Å²) in [6.45, 7) is 4.27. The van der Waals surface area contributed by atoms with Gasteiger partial charge in [-0.2, -0.15) is 0 Å². The first-order chi connectivity index (χ1) is 7.49. The van der Waals surface area contributed by atoms with Gasteiger partial charge in [-0.15, -0.1) is 0 Å². The molecule has 1 saturated heterocycles. The van der Waals surface area contributed by atoms with E-state index in [1.54, 1.807) is 0 Å². The van der Waals surface area contributed by atoms with Gasteiger partial charge in [-0.05, 0) is 0 Å². The third kappa shape index (κ3) is 3.72. The highest BCUT2D eigenvalue weighted by Gasteiger charge is 2.29. The first kappa shape index (κ1) is 12.2. The van der Waals surface area contributed by atoms with Crippen molar-refractivity contribution in [3.8, 4) is 0 Å². The van der Waals surface area contributed by atoms with E-state index in [1.165, 1.54) is 6.92 Å². The van der Waals surface area contributed by atoms with E-state index in [-0.39, 0.29) is 6.42 Å². The first-order valence-corrected chi connectivity index (χ1v) is 4.66. The molecular formula is C10H12O6. The van der Waals surface area contributed by atoms with Crippen LogP contribution in [0.15, 0.2) is 12.2 Å². The zero-order valence-corrected chi connectivity index (χ0v) is 8.86. The Balaban J connectivity index is 2.22. The average molecular weight is 228 g/mol. The number of carbonyl (C=O) groups is 3. The molecule has 0 aromatic carbocycles. The minimum Gasteiger partial charge on any atom is -0.458 e. The van der Waals surface area contributed by atoms with Crippen LogP contribution in [0.3, 0.4) is 0 Å². The van der Waals surface area contributed by atoms with E-state index in [1.807, 2.05) is 0 Å². The molecule has 1 heterocycles. The Labute approximate surface area is 92.2 Å². The lowest BCUT2D eigenvalue weighted by Gasteiger charge is -2.08. The monoisotopic (exact) mass is 228 g/mol. The van der Waals surface area contributed by atoms with Crippen LogP contribution in [0.2, 0.25) is 0 Å². The second-order valence-corrected chi connectivity index (χ2v) is 3.31. The number of cyclic esters (lactones) is 1. The van der Waals surface area contributed by atoms with Crippen LogP contribution in [-0.2, 0) is 28.6 Å². The Hall–Kier alpha value is -1.85. The van der Waals surface area contributed by atoms with Gasteiger partial charge in [0.2, 0.25) is 6.79 Å². The van der Waals surface area contributed by atoms with Crippen molar-refractivity contribution >= 4 is 17.9 Å². The molecule has 1 rings (SSSR count). The summed E-state index contributed by atoms with van der Waals surface area (Å²) in [5.74, 6) is -1.61. The second kappa shape index (κ2) is 5.29. The van der Waals surface area contributed by atoms with Crippen LogP contribution in [0.4, 0.5) is 0 Å². The van der Waals surface area contributed by atoms with E-state index < -0.39 is 30.8 Å². The summed E-state index contributed by atoms with van der Waals surface area (Å²) in [6, 6.07) is 0.